The number of nitrogens with zero attached hydrogens (tertiary/aromatic N) is 2. The van der Waals surface area contributed by atoms with Gasteiger partial charge >= 0.3 is 5.97 Å². The number of anilines is 2. The number of furan rings is 1. The lowest BCUT2D eigenvalue weighted by Gasteiger charge is -2.07. The minimum absolute atomic E-state index is 0.208. The number of aromatic amines is 1. The van der Waals surface area contributed by atoms with Gasteiger partial charge in [0, 0.05) is 5.69 Å². The van der Waals surface area contributed by atoms with Crippen LogP contribution in [0.25, 0.3) is 0 Å². The Kier molecular flexibility index (Phi) is 5.43. The second-order valence-electron chi connectivity index (χ2n) is 5.54. The molecule has 0 unspecified atom stereocenters. The molecule has 3 aromatic rings. The Hall–Kier alpha value is -3.42. The molecule has 8 heteroatoms. The summed E-state index contributed by atoms with van der Waals surface area (Å²) in [5.41, 5.74) is 1.02. The first-order valence-electron chi connectivity index (χ1n) is 8.18. The van der Waals surface area contributed by atoms with Crippen molar-refractivity contribution in [1.82, 2.24) is 15.2 Å². The van der Waals surface area contributed by atoms with Crippen LogP contribution < -0.4 is 10.9 Å². The summed E-state index contributed by atoms with van der Waals surface area (Å²) in [7, 11) is 0. The molecular weight excluding hydrogens is 336 g/mol. The second kappa shape index (κ2) is 8.11. The first-order valence-corrected chi connectivity index (χ1v) is 8.18. The number of rotatable bonds is 7. The zero-order chi connectivity index (χ0) is 18.4. The van der Waals surface area contributed by atoms with E-state index in [1.54, 1.807) is 36.4 Å². The second-order valence-corrected chi connectivity index (χ2v) is 5.54. The molecule has 1 aromatic carbocycles. The monoisotopic (exact) mass is 354 g/mol. The van der Waals surface area contributed by atoms with E-state index in [1.807, 2.05) is 6.92 Å². The number of H-pyrrole nitrogens is 1. The minimum atomic E-state index is -0.367. The zero-order valence-electron chi connectivity index (χ0n) is 14.2. The summed E-state index contributed by atoms with van der Waals surface area (Å²) in [6.07, 6.45) is 2.58. The quantitative estimate of drug-likeness (QED) is 0.628. The lowest BCUT2D eigenvalue weighted by molar-refractivity contribution is 0.0505. The van der Waals surface area contributed by atoms with Crippen molar-refractivity contribution in [1.29, 1.82) is 0 Å². The topological polar surface area (TPSA) is 110 Å². The van der Waals surface area contributed by atoms with Crippen molar-refractivity contribution in [3.05, 3.63) is 70.0 Å². The highest BCUT2D eigenvalue weighted by Crippen LogP contribution is 2.14. The number of ether oxygens (including phenoxy) is 1. The molecule has 0 fully saturated rings. The van der Waals surface area contributed by atoms with Gasteiger partial charge in [0.15, 0.2) is 0 Å². The highest BCUT2D eigenvalue weighted by atomic mass is 16.5. The summed E-state index contributed by atoms with van der Waals surface area (Å²) >= 11 is 0. The summed E-state index contributed by atoms with van der Waals surface area (Å²) in [6.45, 7) is 2.32. The molecule has 0 saturated carbocycles. The Bertz CT molecular complexity index is 917. The highest BCUT2D eigenvalue weighted by Gasteiger charge is 2.09. The van der Waals surface area contributed by atoms with Crippen molar-refractivity contribution in [2.75, 3.05) is 11.9 Å². The Morgan fingerprint density at radius 3 is 2.69 bits per heavy atom. The fraction of sp³-hybridized carbons (Fsp3) is 0.222. The van der Waals surface area contributed by atoms with Gasteiger partial charge in [0.25, 0.3) is 5.56 Å². The Morgan fingerprint density at radius 1 is 1.23 bits per heavy atom. The summed E-state index contributed by atoms with van der Waals surface area (Å²) < 4.78 is 10.3. The van der Waals surface area contributed by atoms with Crippen LogP contribution in [-0.4, -0.2) is 27.8 Å². The van der Waals surface area contributed by atoms with Crippen LogP contribution in [0, 0.1) is 0 Å². The predicted molar refractivity (Wildman–Crippen MR) is 94.5 cm³/mol. The largest absolute Gasteiger partial charge is 0.469 e. The molecule has 3 rings (SSSR count). The maximum absolute atomic E-state index is 12.1. The Balaban J connectivity index is 1.66. The van der Waals surface area contributed by atoms with Gasteiger partial charge in [-0.1, -0.05) is 6.92 Å². The zero-order valence-corrected chi connectivity index (χ0v) is 14.2. The lowest BCUT2D eigenvalue weighted by Crippen LogP contribution is -2.18. The van der Waals surface area contributed by atoms with E-state index in [2.05, 4.69) is 20.5 Å². The predicted octanol–water partition coefficient (Wildman–Crippen LogP) is 2.66. The number of hydrogen-bond acceptors (Lipinski definition) is 7. The van der Waals surface area contributed by atoms with Crippen molar-refractivity contribution < 1.29 is 13.9 Å². The van der Waals surface area contributed by atoms with Gasteiger partial charge in [0.1, 0.15) is 11.5 Å². The van der Waals surface area contributed by atoms with E-state index in [1.165, 1.54) is 6.26 Å². The molecule has 134 valence electrons. The number of carbonyl (C=O) groups is 1. The van der Waals surface area contributed by atoms with Gasteiger partial charge in [-0.2, -0.15) is 0 Å². The van der Waals surface area contributed by atoms with E-state index >= 15 is 0 Å². The van der Waals surface area contributed by atoms with Gasteiger partial charge in [-0.3, -0.25) is 9.78 Å². The van der Waals surface area contributed by atoms with Crippen LogP contribution in [0.4, 0.5) is 11.6 Å². The molecule has 8 nitrogen and oxygen atoms in total. The van der Waals surface area contributed by atoms with Crippen LogP contribution in [0.5, 0.6) is 0 Å². The van der Waals surface area contributed by atoms with Crippen molar-refractivity contribution in [3.63, 3.8) is 0 Å². The van der Waals surface area contributed by atoms with E-state index in [-0.39, 0.29) is 29.6 Å². The summed E-state index contributed by atoms with van der Waals surface area (Å²) in [6, 6.07) is 10.2. The van der Waals surface area contributed by atoms with E-state index in [0.717, 1.165) is 6.42 Å². The van der Waals surface area contributed by atoms with Gasteiger partial charge in [-0.25, -0.2) is 4.79 Å². The summed E-state index contributed by atoms with van der Waals surface area (Å²) in [4.78, 5) is 26.5. The SMILES string of the molecule is CCCOC(=O)c1ccc(Nc2nnc(Cc3ccco3)c(=O)[nH]2)cc1. The van der Waals surface area contributed by atoms with Crippen LogP contribution >= 0.6 is 0 Å². The van der Waals surface area contributed by atoms with Crippen LogP contribution in [0.2, 0.25) is 0 Å². The van der Waals surface area contributed by atoms with Crippen LogP contribution in [0.1, 0.15) is 35.2 Å². The molecule has 0 aliphatic carbocycles. The van der Waals surface area contributed by atoms with Crippen LogP contribution in [0.3, 0.4) is 0 Å². The molecule has 0 spiro atoms. The number of hydrogen-bond donors (Lipinski definition) is 2. The number of aromatic nitrogens is 3. The number of carbonyl (C=O) groups excluding carboxylic acids is 1. The molecule has 2 aromatic heterocycles. The molecule has 26 heavy (non-hydrogen) atoms. The van der Waals surface area contributed by atoms with Gasteiger partial charge in [0.05, 0.1) is 24.9 Å². The van der Waals surface area contributed by atoms with Crippen LogP contribution in [-0.2, 0) is 11.2 Å². The van der Waals surface area contributed by atoms with Crippen molar-refractivity contribution in [2.24, 2.45) is 0 Å². The maximum atomic E-state index is 12.1. The third-order valence-corrected chi connectivity index (χ3v) is 3.51. The molecule has 0 aliphatic heterocycles. The van der Waals surface area contributed by atoms with Gasteiger partial charge in [0.2, 0.25) is 5.95 Å². The van der Waals surface area contributed by atoms with Crippen molar-refractivity contribution >= 4 is 17.6 Å². The van der Waals surface area contributed by atoms with Crippen molar-refractivity contribution in [2.45, 2.75) is 19.8 Å². The molecule has 0 amide bonds. The maximum Gasteiger partial charge on any atom is 0.338 e. The molecule has 2 heterocycles. The van der Waals surface area contributed by atoms with E-state index in [0.29, 0.717) is 23.6 Å². The first kappa shape index (κ1) is 17.4. The minimum Gasteiger partial charge on any atom is -0.469 e. The standard InChI is InChI=1S/C18H18N4O4/c1-2-9-26-17(24)12-5-7-13(8-6-12)19-18-20-16(23)15(21-22-18)11-14-4-3-10-25-14/h3-8,10H,2,9,11H2,1H3,(H2,19,20,22,23). The number of nitrogens with one attached hydrogen (secondary N) is 2. The lowest BCUT2D eigenvalue weighted by atomic mass is 10.2. The van der Waals surface area contributed by atoms with Gasteiger partial charge in [-0.05, 0) is 42.8 Å². The molecular formula is C18H18N4O4. The number of benzene rings is 1. The molecule has 0 aliphatic rings. The molecule has 2 N–H and O–H groups in total. The summed E-state index contributed by atoms with van der Waals surface area (Å²) in [5, 5.41) is 10.8. The average molecular weight is 354 g/mol. The third-order valence-electron chi connectivity index (χ3n) is 3.51. The smallest absolute Gasteiger partial charge is 0.338 e. The van der Waals surface area contributed by atoms with Gasteiger partial charge in [-0.15, -0.1) is 10.2 Å². The third kappa shape index (κ3) is 4.35. The normalized spacial score (nSPS) is 10.5. The van der Waals surface area contributed by atoms with Crippen LogP contribution in [0.15, 0.2) is 51.9 Å². The van der Waals surface area contributed by atoms with E-state index in [4.69, 9.17) is 9.15 Å². The van der Waals surface area contributed by atoms with E-state index < -0.39 is 0 Å². The molecule has 0 atom stereocenters. The average Bonchev–Trinajstić information content (AvgIpc) is 3.16. The van der Waals surface area contributed by atoms with E-state index in [9.17, 15) is 9.59 Å². The van der Waals surface area contributed by atoms with Crippen molar-refractivity contribution in [3.8, 4) is 0 Å². The first-order chi connectivity index (χ1) is 12.7. The fourth-order valence-corrected chi connectivity index (χ4v) is 2.21. The molecule has 0 radical (unpaired) electrons. The highest BCUT2D eigenvalue weighted by molar-refractivity contribution is 5.89. The van der Waals surface area contributed by atoms with Gasteiger partial charge < -0.3 is 14.5 Å². The summed E-state index contributed by atoms with van der Waals surface area (Å²) in [5.74, 6) is 0.476. The Labute approximate surface area is 149 Å². The molecule has 0 saturated heterocycles. The number of esters is 1. The molecule has 0 bridgehead atoms. The fourth-order valence-electron chi connectivity index (χ4n) is 2.21. The Morgan fingerprint density at radius 2 is 2.04 bits per heavy atom.